The number of halogens is 12. The molecule has 0 aliphatic heterocycles. The molecule has 7 rings (SSSR count). The Balaban J connectivity index is 1.16. The first-order chi connectivity index (χ1) is 36.3. The molecule has 0 heterocycles. The number of amides is 3. The molecule has 25 heteroatoms. The molecule has 405 valence electrons. The Bertz CT molecular complexity index is 3440. The topological polar surface area (TPSA) is 218 Å². The lowest BCUT2D eigenvalue weighted by molar-refractivity contribution is -0.290. The minimum Gasteiger partial charge on any atom is -0.506 e. The Morgan fingerprint density at radius 2 is 0.705 bits per heavy atom. The zero-order valence-electron chi connectivity index (χ0n) is 39.2. The molecular formula is C53H35F12N4O9. The fourth-order valence-electron chi connectivity index (χ4n) is 8.29. The maximum Gasteiger partial charge on any atom is 0.411 e. The minimum atomic E-state index is -6.32. The van der Waals surface area contributed by atoms with Crippen molar-refractivity contribution < 1.29 is 97.0 Å². The van der Waals surface area contributed by atoms with E-state index in [4.69, 9.17) is 10.5 Å². The van der Waals surface area contributed by atoms with Crippen LogP contribution in [0.3, 0.4) is 0 Å². The Labute approximate surface area is 431 Å². The highest BCUT2D eigenvalue weighted by Crippen LogP contribution is 2.59. The largest absolute Gasteiger partial charge is 0.506 e. The Kier molecular flexibility index (Phi) is 14.9. The summed E-state index contributed by atoms with van der Waals surface area (Å²) in [5.41, 5.74) is -14.0. The molecular weight excluding hydrogens is 1060 g/mol. The first-order valence-electron chi connectivity index (χ1n) is 22.1. The molecule has 0 aliphatic rings. The SMILES string of the molecule is CC(=O)c1ccc(Oc2ccc(C(=O)Nc3cc(C(c4ccc(O)c(NC(=O)c5cccc(C(=O)Nc6cc(C(c7ccc(O)c([NH])c7)(C(F)(F)F)C(F)(F)F)ccc6O)c5)c4)(C(F)(F)F)C(F)(F)F)ccc3O)cc2)cc1. The van der Waals surface area contributed by atoms with Crippen LogP contribution in [0.4, 0.5) is 75.4 Å². The van der Waals surface area contributed by atoms with Gasteiger partial charge in [0.25, 0.3) is 17.7 Å². The second kappa shape index (κ2) is 20.6. The van der Waals surface area contributed by atoms with Gasteiger partial charge in [-0.25, -0.2) is 0 Å². The van der Waals surface area contributed by atoms with Crippen molar-refractivity contribution in [1.29, 1.82) is 0 Å². The van der Waals surface area contributed by atoms with Gasteiger partial charge in [-0.1, -0.05) is 30.3 Å². The van der Waals surface area contributed by atoms with Crippen LogP contribution < -0.4 is 26.4 Å². The van der Waals surface area contributed by atoms with Gasteiger partial charge in [0.2, 0.25) is 10.8 Å². The maximum absolute atomic E-state index is 15.4. The number of carbonyl (C=O) groups excluding carboxylic acids is 4. The van der Waals surface area contributed by atoms with Gasteiger partial charge in [-0.15, -0.1) is 0 Å². The van der Waals surface area contributed by atoms with Crippen LogP contribution in [0.2, 0.25) is 0 Å². The average Bonchev–Trinajstić information content (AvgIpc) is 3.49. The summed E-state index contributed by atoms with van der Waals surface area (Å²) in [6.07, 6.45) is -25.1. The molecule has 3 amide bonds. The fourth-order valence-corrected chi connectivity index (χ4v) is 8.29. The lowest BCUT2D eigenvalue weighted by atomic mass is 9.72. The number of carbonyl (C=O) groups is 4. The highest BCUT2D eigenvalue weighted by Gasteiger charge is 2.74. The number of nitrogens with one attached hydrogen (secondary N) is 4. The zero-order chi connectivity index (χ0) is 57.5. The molecule has 7 aromatic rings. The third-order valence-corrected chi connectivity index (χ3v) is 12.2. The Morgan fingerprint density at radius 3 is 1.03 bits per heavy atom. The molecule has 0 fully saturated rings. The molecule has 0 aliphatic carbocycles. The molecule has 0 unspecified atom stereocenters. The molecule has 0 bridgehead atoms. The lowest BCUT2D eigenvalue weighted by Crippen LogP contribution is -2.54. The highest BCUT2D eigenvalue weighted by molar-refractivity contribution is 6.09. The number of hydrogen-bond acceptors (Lipinski definition) is 9. The van der Waals surface area contributed by atoms with Crippen LogP contribution in [-0.2, 0) is 10.8 Å². The summed E-state index contributed by atoms with van der Waals surface area (Å²) < 4.78 is 187. The van der Waals surface area contributed by atoms with Gasteiger partial charge in [0, 0.05) is 22.3 Å². The van der Waals surface area contributed by atoms with Gasteiger partial charge in [-0.2, -0.15) is 52.7 Å². The minimum absolute atomic E-state index is 0.118. The van der Waals surface area contributed by atoms with E-state index in [1.807, 2.05) is 10.6 Å². The quantitative estimate of drug-likeness (QED) is 0.0331. The van der Waals surface area contributed by atoms with Crippen molar-refractivity contribution in [3.05, 3.63) is 190 Å². The number of ketones is 1. The molecule has 8 N–H and O–H groups in total. The molecule has 1 radical (unpaired) electrons. The monoisotopic (exact) mass is 1100 g/mol. The van der Waals surface area contributed by atoms with Crippen LogP contribution in [0.5, 0.6) is 34.5 Å². The zero-order valence-corrected chi connectivity index (χ0v) is 39.2. The van der Waals surface area contributed by atoms with Crippen LogP contribution in [0.1, 0.15) is 70.6 Å². The Hall–Kier alpha value is -9.42. The summed E-state index contributed by atoms with van der Waals surface area (Å²) >= 11 is 0. The smallest absolute Gasteiger partial charge is 0.411 e. The summed E-state index contributed by atoms with van der Waals surface area (Å²) in [6, 6.07) is 17.7. The standard InChI is InChI=1S/C53H35F12N4O9/c1-26(70)27-5-13-35(14-6-27)78-36-15-7-28(8-16-36)45(75)67-38-24-33(11-19-42(38)72)49(52(60,61)62,53(63,64)65)34-12-20-44(74)40(25-34)69-47(77)30-4-2-3-29(21-30)46(76)68-39-23-32(10-18-43(39)73)48(50(54,55)56,51(57,58)59)31-9-17-41(71)37(66)22-31/h2-25,66,71-74H,1H3,(H,67,75)(H,68,76)(H,69,77). The highest BCUT2D eigenvalue weighted by atomic mass is 19.4. The Morgan fingerprint density at radius 1 is 0.397 bits per heavy atom. The van der Waals surface area contributed by atoms with Crippen LogP contribution in [0.25, 0.3) is 0 Å². The van der Waals surface area contributed by atoms with Gasteiger partial charge >= 0.3 is 24.7 Å². The molecule has 0 atom stereocenters. The van der Waals surface area contributed by atoms with Crippen molar-refractivity contribution in [2.45, 2.75) is 42.5 Å². The molecule has 0 saturated heterocycles. The number of anilines is 3. The summed E-state index contributed by atoms with van der Waals surface area (Å²) in [4.78, 5) is 51.8. The molecule has 0 saturated carbocycles. The first-order valence-corrected chi connectivity index (χ1v) is 22.1. The van der Waals surface area contributed by atoms with Gasteiger partial charge in [0.05, 0.1) is 22.7 Å². The van der Waals surface area contributed by atoms with Crippen molar-refractivity contribution in [3.8, 4) is 34.5 Å². The predicted octanol–water partition coefficient (Wildman–Crippen LogP) is 13.0. The van der Waals surface area contributed by atoms with E-state index >= 15 is 26.3 Å². The van der Waals surface area contributed by atoms with Crippen LogP contribution >= 0.6 is 0 Å². The normalized spacial score (nSPS) is 12.4. The van der Waals surface area contributed by atoms with E-state index in [9.17, 15) is 65.9 Å². The lowest BCUT2D eigenvalue weighted by Gasteiger charge is -2.38. The van der Waals surface area contributed by atoms with Crippen molar-refractivity contribution in [3.63, 3.8) is 0 Å². The molecule has 78 heavy (non-hydrogen) atoms. The van der Waals surface area contributed by atoms with Gasteiger partial charge in [-0.05, 0) is 144 Å². The van der Waals surface area contributed by atoms with E-state index in [-0.39, 0.29) is 65.6 Å². The number of hydrogen-bond donors (Lipinski definition) is 7. The third kappa shape index (κ3) is 10.6. The van der Waals surface area contributed by atoms with Gasteiger partial charge in [0.15, 0.2) is 5.78 Å². The average molecular weight is 1100 g/mol. The number of Topliss-reactive ketones (excluding diaryl/α,β-unsaturated/α-hetero) is 1. The molecule has 7 aromatic carbocycles. The van der Waals surface area contributed by atoms with E-state index in [0.29, 0.717) is 41.6 Å². The number of alkyl halides is 12. The van der Waals surface area contributed by atoms with Crippen molar-refractivity contribution in [2.75, 3.05) is 16.0 Å². The van der Waals surface area contributed by atoms with E-state index in [1.54, 1.807) is 0 Å². The van der Waals surface area contributed by atoms with Crippen LogP contribution in [0, 0.1) is 0 Å². The van der Waals surface area contributed by atoms with Crippen molar-refractivity contribution in [2.24, 2.45) is 0 Å². The number of phenolic OH excluding ortho intramolecular Hbond substituents is 4. The van der Waals surface area contributed by atoms with Crippen molar-refractivity contribution >= 4 is 46.3 Å². The summed E-state index contributed by atoms with van der Waals surface area (Å²) in [5.74, 6) is -7.79. The number of benzene rings is 7. The van der Waals surface area contributed by atoms with Crippen molar-refractivity contribution in [1.82, 2.24) is 5.73 Å². The van der Waals surface area contributed by atoms with Crippen LogP contribution in [-0.4, -0.2) is 68.6 Å². The number of rotatable bonds is 13. The van der Waals surface area contributed by atoms with E-state index < -0.39 is 132 Å². The first kappa shape index (κ1) is 56.3. The van der Waals surface area contributed by atoms with E-state index in [0.717, 1.165) is 18.2 Å². The second-order valence-electron chi connectivity index (χ2n) is 17.1. The number of phenols is 4. The number of aromatic hydroxyl groups is 4. The summed E-state index contributed by atoms with van der Waals surface area (Å²) in [5, 5.41) is 47.3. The molecule has 0 spiro atoms. The predicted molar refractivity (Wildman–Crippen MR) is 254 cm³/mol. The molecule has 13 nitrogen and oxygen atoms in total. The summed E-state index contributed by atoms with van der Waals surface area (Å²) in [6.45, 7) is 1.36. The number of ether oxygens (including phenoxy) is 1. The molecule has 0 aromatic heterocycles. The fraction of sp³-hybridized carbons (Fsp3) is 0.132. The second-order valence-corrected chi connectivity index (χ2v) is 17.1. The van der Waals surface area contributed by atoms with E-state index in [2.05, 4.69) is 5.32 Å². The third-order valence-electron chi connectivity index (χ3n) is 12.2. The van der Waals surface area contributed by atoms with Gasteiger partial charge < -0.3 is 41.1 Å². The van der Waals surface area contributed by atoms with E-state index in [1.165, 1.54) is 55.5 Å². The van der Waals surface area contributed by atoms with Crippen LogP contribution in [0.15, 0.2) is 146 Å². The summed E-state index contributed by atoms with van der Waals surface area (Å²) in [7, 11) is 0. The van der Waals surface area contributed by atoms with Gasteiger partial charge in [-0.3, -0.25) is 24.9 Å². The maximum atomic E-state index is 15.4. The van der Waals surface area contributed by atoms with Gasteiger partial charge in [0.1, 0.15) is 34.5 Å².